The molecule has 1 saturated carbocycles. The number of likely N-dealkylation sites (tertiary alicyclic amines) is 1. The van der Waals surface area contributed by atoms with E-state index in [9.17, 15) is 5.26 Å². The molecule has 0 amide bonds. The van der Waals surface area contributed by atoms with Gasteiger partial charge in [-0.3, -0.25) is 4.90 Å². The maximum Gasteiger partial charge on any atom is 0.0846 e. The van der Waals surface area contributed by atoms with Crippen LogP contribution in [0.15, 0.2) is 30.4 Å². The van der Waals surface area contributed by atoms with E-state index in [-0.39, 0.29) is 5.41 Å². The van der Waals surface area contributed by atoms with Crippen LogP contribution in [0.3, 0.4) is 0 Å². The van der Waals surface area contributed by atoms with Gasteiger partial charge in [0.2, 0.25) is 0 Å². The van der Waals surface area contributed by atoms with Crippen LogP contribution in [0.1, 0.15) is 75.0 Å². The summed E-state index contributed by atoms with van der Waals surface area (Å²) in [6.45, 7) is 11.6. The Bertz CT molecular complexity index is 742. The van der Waals surface area contributed by atoms with Gasteiger partial charge >= 0.3 is 0 Å². The van der Waals surface area contributed by atoms with Crippen molar-refractivity contribution in [1.29, 1.82) is 5.26 Å². The molecule has 4 rings (SSSR count). The topological polar surface area (TPSA) is 27.0 Å². The Morgan fingerprint density at radius 1 is 1.26 bits per heavy atom. The molecule has 144 valence electrons. The molecular weight excluding hydrogens is 328 g/mol. The van der Waals surface area contributed by atoms with Crippen LogP contribution in [0.5, 0.6) is 0 Å². The molecule has 1 heterocycles. The summed E-state index contributed by atoms with van der Waals surface area (Å²) in [6, 6.07) is 9.84. The van der Waals surface area contributed by atoms with E-state index in [1.807, 2.05) is 0 Å². The maximum atomic E-state index is 10.2. The summed E-state index contributed by atoms with van der Waals surface area (Å²) < 4.78 is 0. The lowest BCUT2D eigenvalue weighted by atomic mass is 9.72. The molecule has 1 saturated heterocycles. The van der Waals surface area contributed by atoms with Crippen molar-refractivity contribution in [2.45, 2.75) is 70.1 Å². The Morgan fingerprint density at radius 2 is 1.96 bits per heavy atom. The van der Waals surface area contributed by atoms with Crippen molar-refractivity contribution >= 4 is 0 Å². The second-order valence-electron chi connectivity index (χ2n) is 9.59. The Kier molecular flexibility index (Phi) is 5.17. The van der Waals surface area contributed by atoms with Crippen molar-refractivity contribution in [1.82, 2.24) is 4.90 Å². The van der Waals surface area contributed by atoms with Gasteiger partial charge in [-0.15, -0.1) is 0 Å². The zero-order chi connectivity index (χ0) is 19.0. The fourth-order valence-electron chi connectivity index (χ4n) is 6.14. The smallest absolute Gasteiger partial charge is 0.0846 e. The van der Waals surface area contributed by atoms with E-state index in [4.69, 9.17) is 0 Å². The van der Waals surface area contributed by atoms with Crippen LogP contribution in [0.25, 0.3) is 0 Å². The molecule has 2 heteroatoms. The van der Waals surface area contributed by atoms with E-state index in [0.717, 1.165) is 50.2 Å². The van der Waals surface area contributed by atoms with Crippen molar-refractivity contribution in [3.05, 3.63) is 47.0 Å². The minimum Gasteiger partial charge on any atom is -0.299 e. The summed E-state index contributed by atoms with van der Waals surface area (Å²) in [6.07, 6.45) is 8.73. The van der Waals surface area contributed by atoms with Gasteiger partial charge in [-0.25, -0.2) is 0 Å². The second-order valence-corrected chi connectivity index (χ2v) is 9.59. The summed E-state index contributed by atoms with van der Waals surface area (Å²) in [5.74, 6) is 2.35. The van der Waals surface area contributed by atoms with Gasteiger partial charge in [0.15, 0.2) is 0 Å². The fraction of sp³-hybridized carbons (Fsp3) is 0.640. The van der Waals surface area contributed by atoms with Gasteiger partial charge in [0.25, 0.3) is 0 Å². The SMILES string of the molecule is C=C(C)CN1CCC(C#N)(c2ccc3c(c2)C(C2CCCC2)C(C)C3)CC1. The van der Waals surface area contributed by atoms with Crippen LogP contribution in [0, 0.1) is 23.2 Å². The van der Waals surface area contributed by atoms with Crippen molar-refractivity contribution in [2.24, 2.45) is 11.8 Å². The molecule has 1 aromatic carbocycles. The third kappa shape index (κ3) is 3.47. The van der Waals surface area contributed by atoms with Gasteiger partial charge in [-0.05, 0) is 73.5 Å². The zero-order valence-electron chi connectivity index (χ0n) is 17.1. The first-order chi connectivity index (χ1) is 13.0. The van der Waals surface area contributed by atoms with E-state index in [1.54, 1.807) is 11.1 Å². The molecule has 1 aromatic rings. The number of piperidine rings is 1. The van der Waals surface area contributed by atoms with Crippen LogP contribution in [0.2, 0.25) is 0 Å². The van der Waals surface area contributed by atoms with Crippen molar-refractivity contribution < 1.29 is 0 Å². The number of fused-ring (bicyclic) bond motifs is 1. The first-order valence-corrected chi connectivity index (χ1v) is 10.9. The van der Waals surface area contributed by atoms with Crippen LogP contribution in [-0.4, -0.2) is 24.5 Å². The summed E-state index contributed by atoms with van der Waals surface area (Å²) in [4.78, 5) is 2.45. The summed E-state index contributed by atoms with van der Waals surface area (Å²) in [7, 11) is 0. The second kappa shape index (κ2) is 7.44. The molecule has 3 aliphatic rings. The molecule has 27 heavy (non-hydrogen) atoms. The molecule has 2 nitrogen and oxygen atoms in total. The van der Waals surface area contributed by atoms with Crippen molar-refractivity contribution in [3.8, 4) is 6.07 Å². The highest BCUT2D eigenvalue weighted by Gasteiger charge is 2.40. The highest BCUT2D eigenvalue weighted by Crippen LogP contribution is 2.49. The van der Waals surface area contributed by atoms with Crippen molar-refractivity contribution in [2.75, 3.05) is 19.6 Å². The Morgan fingerprint density at radius 3 is 2.59 bits per heavy atom. The molecule has 2 aliphatic carbocycles. The lowest BCUT2D eigenvalue weighted by Crippen LogP contribution is -2.42. The predicted octanol–water partition coefficient (Wildman–Crippen LogP) is 5.59. The lowest BCUT2D eigenvalue weighted by molar-refractivity contribution is 0.199. The average molecular weight is 363 g/mol. The average Bonchev–Trinajstić information content (AvgIpc) is 3.28. The number of hydrogen-bond acceptors (Lipinski definition) is 2. The molecule has 2 atom stereocenters. The van der Waals surface area contributed by atoms with Crippen LogP contribution < -0.4 is 0 Å². The van der Waals surface area contributed by atoms with E-state index >= 15 is 0 Å². The summed E-state index contributed by atoms with van der Waals surface area (Å²) >= 11 is 0. The molecule has 0 aromatic heterocycles. The Hall–Kier alpha value is -1.59. The van der Waals surface area contributed by atoms with Gasteiger partial charge in [0.05, 0.1) is 11.5 Å². The number of nitrogens with zero attached hydrogens (tertiary/aromatic N) is 2. The van der Waals surface area contributed by atoms with Gasteiger partial charge in [0, 0.05) is 19.6 Å². The number of benzene rings is 1. The first-order valence-electron chi connectivity index (χ1n) is 10.9. The molecule has 0 N–H and O–H groups in total. The molecule has 0 radical (unpaired) electrons. The molecule has 1 aliphatic heterocycles. The first kappa shape index (κ1) is 18.8. The van der Waals surface area contributed by atoms with Crippen LogP contribution in [0.4, 0.5) is 0 Å². The van der Waals surface area contributed by atoms with Gasteiger partial charge in [-0.2, -0.15) is 5.26 Å². The molecule has 2 unspecified atom stereocenters. The van der Waals surface area contributed by atoms with E-state index < -0.39 is 0 Å². The zero-order valence-corrected chi connectivity index (χ0v) is 17.1. The lowest BCUT2D eigenvalue weighted by Gasteiger charge is -2.38. The molecule has 2 fully saturated rings. The summed E-state index contributed by atoms with van der Waals surface area (Å²) in [5, 5.41) is 10.2. The third-order valence-electron chi connectivity index (χ3n) is 7.54. The number of hydrogen-bond donors (Lipinski definition) is 0. The van der Waals surface area contributed by atoms with E-state index in [0.29, 0.717) is 0 Å². The minimum absolute atomic E-state index is 0.299. The fourth-order valence-corrected chi connectivity index (χ4v) is 6.14. The predicted molar refractivity (Wildman–Crippen MR) is 112 cm³/mol. The Labute approximate surface area is 165 Å². The van der Waals surface area contributed by atoms with Gasteiger partial charge in [-0.1, -0.05) is 50.1 Å². The monoisotopic (exact) mass is 362 g/mol. The van der Waals surface area contributed by atoms with Gasteiger partial charge in [0.1, 0.15) is 0 Å². The third-order valence-corrected chi connectivity index (χ3v) is 7.54. The minimum atomic E-state index is -0.299. The highest BCUT2D eigenvalue weighted by atomic mass is 15.1. The summed E-state index contributed by atoms with van der Waals surface area (Å²) in [5.41, 5.74) is 5.34. The molecule has 0 bridgehead atoms. The van der Waals surface area contributed by atoms with E-state index in [1.165, 1.54) is 43.2 Å². The van der Waals surface area contributed by atoms with Crippen LogP contribution in [-0.2, 0) is 11.8 Å². The van der Waals surface area contributed by atoms with Gasteiger partial charge < -0.3 is 0 Å². The van der Waals surface area contributed by atoms with E-state index in [2.05, 4.69) is 49.6 Å². The quantitative estimate of drug-likeness (QED) is 0.653. The van der Waals surface area contributed by atoms with Crippen molar-refractivity contribution in [3.63, 3.8) is 0 Å². The maximum absolute atomic E-state index is 10.2. The molecule has 0 spiro atoms. The highest BCUT2D eigenvalue weighted by molar-refractivity contribution is 5.45. The van der Waals surface area contributed by atoms with Crippen LogP contribution >= 0.6 is 0 Å². The Balaban J connectivity index is 1.59. The standard InChI is InChI=1S/C25H34N2/c1-18(2)16-27-12-10-25(17-26,11-13-27)22-9-8-21-14-19(3)24(23(21)15-22)20-6-4-5-7-20/h8-9,15,19-20,24H,1,4-7,10-14,16H2,2-3H3. The normalized spacial score (nSPS) is 28.0. The largest absolute Gasteiger partial charge is 0.299 e. The molecular formula is C25H34N2. The number of rotatable bonds is 4. The number of nitriles is 1.